The van der Waals surface area contributed by atoms with Crippen molar-refractivity contribution in [1.82, 2.24) is 0 Å². The largest absolute Gasteiger partial charge is 0.265 e. The first-order valence-corrected chi connectivity index (χ1v) is 15.4. The maximum atomic E-state index is 15.0. The van der Waals surface area contributed by atoms with Crippen molar-refractivity contribution in [3.8, 4) is 0 Å². The zero-order valence-corrected chi connectivity index (χ0v) is 25.2. The summed E-state index contributed by atoms with van der Waals surface area (Å²) in [5.74, 6) is 0. The van der Waals surface area contributed by atoms with Gasteiger partial charge in [-0.05, 0) is 66.5 Å². The average molecular weight is 548 g/mol. The summed E-state index contributed by atoms with van der Waals surface area (Å²) in [6.07, 6.45) is 0. The van der Waals surface area contributed by atoms with Crippen molar-refractivity contribution in [2.24, 2.45) is 10.8 Å². The predicted molar refractivity (Wildman–Crippen MR) is 165 cm³/mol. The van der Waals surface area contributed by atoms with Crippen molar-refractivity contribution in [2.45, 2.75) is 58.9 Å². The molecule has 1 aliphatic heterocycles. The summed E-state index contributed by atoms with van der Waals surface area (Å²) in [4.78, 5) is 0.289. The number of hydrogen-bond acceptors (Lipinski definition) is 2. The van der Waals surface area contributed by atoms with Gasteiger partial charge in [0.15, 0.2) is 0 Å². The van der Waals surface area contributed by atoms with Gasteiger partial charge in [0.2, 0.25) is 0 Å². The van der Waals surface area contributed by atoms with Gasteiger partial charge in [0.1, 0.15) is 5.54 Å². The van der Waals surface area contributed by atoms with Crippen molar-refractivity contribution in [1.29, 1.82) is 0 Å². The third-order valence-electron chi connectivity index (χ3n) is 9.56. The van der Waals surface area contributed by atoms with E-state index in [9.17, 15) is 0 Å². The third-order valence-corrected chi connectivity index (χ3v) is 11.4. The van der Waals surface area contributed by atoms with Gasteiger partial charge in [0.05, 0.1) is 10.6 Å². The molecule has 0 spiro atoms. The number of rotatable bonds is 4. The minimum Gasteiger partial charge on any atom is -0.246 e. The summed E-state index contributed by atoms with van der Waals surface area (Å²) in [5.41, 5.74) is 7.96. The molecule has 2 aliphatic rings. The highest BCUT2D eigenvalue weighted by atomic mass is 32.2. The topological polar surface area (TPSA) is 37.4 Å². The van der Waals surface area contributed by atoms with E-state index in [4.69, 9.17) is 0 Å². The summed E-state index contributed by atoms with van der Waals surface area (Å²) in [7, 11) is -4.01. The number of nitrogens with zero attached hydrogens (tertiary/aromatic N) is 1. The molecular weight excluding hydrogens is 510 g/mol. The van der Waals surface area contributed by atoms with Crippen LogP contribution in [0.3, 0.4) is 0 Å². The summed E-state index contributed by atoms with van der Waals surface area (Å²) in [5, 5.41) is 0. The fraction of sp³-hybridized carbons (Fsp3) is 0.278. The number of benzene rings is 4. The Bertz CT molecular complexity index is 1700. The van der Waals surface area contributed by atoms with Gasteiger partial charge in [0, 0.05) is 5.56 Å². The maximum absolute atomic E-state index is 15.0. The van der Waals surface area contributed by atoms with Crippen LogP contribution in [0.2, 0.25) is 0 Å². The number of allylic oxidation sites excluding steroid dienone is 1. The van der Waals surface area contributed by atoms with E-state index < -0.39 is 15.6 Å². The number of fused-ring (bicyclic) bond motifs is 1. The zero-order valence-electron chi connectivity index (χ0n) is 24.4. The molecule has 1 heterocycles. The van der Waals surface area contributed by atoms with Gasteiger partial charge in [-0.2, -0.15) is 0 Å². The Morgan fingerprint density at radius 2 is 1.00 bits per heavy atom. The highest BCUT2D eigenvalue weighted by Gasteiger charge is 2.67. The van der Waals surface area contributed by atoms with E-state index in [-0.39, 0.29) is 15.7 Å². The highest BCUT2D eigenvalue weighted by molar-refractivity contribution is 7.93. The second kappa shape index (κ2) is 8.68. The van der Waals surface area contributed by atoms with Crippen LogP contribution in [0.25, 0.3) is 5.57 Å². The molecule has 0 unspecified atom stereocenters. The van der Waals surface area contributed by atoms with Crippen molar-refractivity contribution >= 4 is 21.3 Å². The molecule has 4 heteroatoms. The van der Waals surface area contributed by atoms with Crippen LogP contribution in [0.5, 0.6) is 0 Å². The molecule has 1 saturated carbocycles. The summed E-state index contributed by atoms with van der Waals surface area (Å²) >= 11 is 0. The summed E-state index contributed by atoms with van der Waals surface area (Å²) < 4.78 is 31.8. The van der Waals surface area contributed by atoms with E-state index in [1.165, 1.54) is 5.57 Å². The lowest BCUT2D eigenvalue weighted by molar-refractivity contribution is 0.457. The van der Waals surface area contributed by atoms with E-state index in [0.717, 1.165) is 39.0 Å². The molecule has 40 heavy (non-hydrogen) atoms. The van der Waals surface area contributed by atoms with E-state index in [1.54, 1.807) is 16.4 Å². The third kappa shape index (κ3) is 3.51. The molecule has 0 radical (unpaired) electrons. The molecule has 0 aromatic heterocycles. The zero-order chi connectivity index (χ0) is 28.7. The van der Waals surface area contributed by atoms with Crippen LogP contribution in [0.4, 0.5) is 5.69 Å². The van der Waals surface area contributed by atoms with Gasteiger partial charge in [-0.15, -0.1) is 0 Å². The molecule has 0 N–H and O–H groups in total. The van der Waals surface area contributed by atoms with Gasteiger partial charge in [-0.3, -0.25) is 0 Å². The van der Waals surface area contributed by atoms with Crippen LogP contribution < -0.4 is 4.31 Å². The van der Waals surface area contributed by atoms with E-state index in [2.05, 4.69) is 96.1 Å². The van der Waals surface area contributed by atoms with E-state index >= 15 is 8.42 Å². The second-order valence-electron chi connectivity index (χ2n) is 12.5. The minimum absolute atomic E-state index is 0.0975. The first-order chi connectivity index (χ1) is 18.8. The molecule has 4 aromatic carbocycles. The Morgan fingerprint density at radius 1 is 0.575 bits per heavy atom. The Balaban J connectivity index is 1.83. The molecule has 0 bridgehead atoms. The SMILES string of the molecule is Cc1ccc(C2(c3ccc(C)cc3)C(=C3C(C)(C)C3(C)C)c3ccccc3N2S(=O)(=O)c2ccc(C)cc2)cc1. The molecule has 1 aliphatic carbocycles. The van der Waals surface area contributed by atoms with Crippen LogP contribution in [0.15, 0.2) is 108 Å². The van der Waals surface area contributed by atoms with Gasteiger partial charge in [0.25, 0.3) is 10.0 Å². The Morgan fingerprint density at radius 3 is 1.45 bits per heavy atom. The lowest BCUT2D eigenvalue weighted by atomic mass is 9.75. The maximum Gasteiger partial charge on any atom is 0.265 e. The van der Waals surface area contributed by atoms with Gasteiger partial charge in [-0.1, -0.05) is 129 Å². The Labute approximate surface area is 239 Å². The molecule has 1 fully saturated rings. The fourth-order valence-corrected chi connectivity index (χ4v) is 8.49. The van der Waals surface area contributed by atoms with Gasteiger partial charge in [-0.25, -0.2) is 12.7 Å². The Hall–Kier alpha value is -3.63. The van der Waals surface area contributed by atoms with Crippen LogP contribution in [0, 0.1) is 31.6 Å². The number of para-hydroxylation sites is 1. The standard InChI is InChI=1S/C36H37NO2S/c1-24-12-18-27(19-13-24)36(28-20-14-25(2)15-21-28)32(33-34(4,5)35(33,6)7)30-10-8-9-11-31(30)37(36)40(38,39)29-22-16-26(3)17-23-29/h8-23H,1-7H3. The first-order valence-electron chi connectivity index (χ1n) is 14.0. The number of aryl methyl sites for hydroxylation is 3. The van der Waals surface area contributed by atoms with Gasteiger partial charge >= 0.3 is 0 Å². The van der Waals surface area contributed by atoms with Crippen molar-refractivity contribution in [3.63, 3.8) is 0 Å². The monoisotopic (exact) mass is 547 g/mol. The molecule has 6 rings (SSSR count). The summed E-state index contributed by atoms with van der Waals surface area (Å²) in [6.45, 7) is 15.2. The quantitative estimate of drug-likeness (QED) is 0.257. The fourth-order valence-electron chi connectivity index (χ4n) is 6.72. The van der Waals surface area contributed by atoms with E-state index in [1.807, 2.05) is 37.3 Å². The van der Waals surface area contributed by atoms with Crippen LogP contribution >= 0.6 is 0 Å². The molecule has 3 nitrogen and oxygen atoms in total. The normalized spacial score (nSPS) is 18.5. The second-order valence-corrected chi connectivity index (χ2v) is 14.3. The number of hydrogen-bond donors (Lipinski definition) is 0. The van der Waals surface area contributed by atoms with Crippen LogP contribution in [-0.2, 0) is 15.6 Å². The minimum atomic E-state index is -4.01. The molecule has 4 aromatic rings. The first kappa shape index (κ1) is 26.6. The van der Waals surface area contributed by atoms with E-state index in [0.29, 0.717) is 5.69 Å². The molecule has 0 atom stereocenters. The average Bonchev–Trinajstić information content (AvgIpc) is 3.16. The number of anilines is 1. The lowest BCUT2D eigenvalue weighted by Gasteiger charge is -2.42. The van der Waals surface area contributed by atoms with Gasteiger partial charge < -0.3 is 0 Å². The molecule has 204 valence electrons. The molecule has 0 saturated heterocycles. The van der Waals surface area contributed by atoms with Crippen molar-refractivity contribution < 1.29 is 8.42 Å². The number of sulfonamides is 1. The predicted octanol–water partition coefficient (Wildman–Crippen LogP) is 8.58. The van der Waals surface area contributed by atoms with Crippen LogP contribution in [0.1, 0.15) is 61.1 Å². The van der Waals surface area contributed by atoms with Crippen LogP contribution in [-0.4, -0.2) is 8.42 Å². The molecular formula is C36H37NO2S. The Kier molecular flexibility index (Phi) is 5.77. The summed E-state index contributed by atoms with van der Waals surface area (Å²) in [6, 6.07) is 32.1. The van der Waals surface area contributed by atoms with Crippen molar-refractivity contribution in [2.75, 3.05) is 4.31 Å². The van der Waals surface area contributed by atoms with Crippen molar-refractivity contribution in [3.05, 3.63) is 136 Å². The lowest BCUT2D eigenvalue weighted by Crippen LogP contribution is -2.48. The molecule has 0 amide bonds. The highest BCUT2D eigenvalue weighted by Crippen LogP contribution is 2.74. The smallest absolute Gasteiger partial charge is 0.246 e.